The summed E-state index contributed by atoms with van der Waals surface area (Å²) in [5.74, 6) is -1.23. The van der Waals surface area contributed by atoms with E-state index in [-0.39, 0.29) is 37.1 Å². The molecule has 17 heteroatoms. The Morgan fingerprint density at radius 2 is 1.85 bits per heavy atom. The van der Waals surface area contributed by atoms with Crippen LogP contribution in [-0.2, 0) is 29.1 Å². The summed E-state index contributed by atoms with van der Waals surface area (Å²) in [6.07, 6.45) is 11.3. The molecule has 4 heterocycles. The van der Waals surface area contributed by atoms with E-state index >= 15 is 4.79 Å². The molecule has 3 N–H and O–H groups in total. The molecule has 0 bridgehead atoms. The minimum atomic E-state index is -4.03. The first-order chi connectivity index (χ1) is 28.9. The van der Waals surface area contributed by atoms with Crippen LogP contribution in [0.25, 0.3) is 22.1 Å². The fraction of sp³-hybridized carbons (Fsp3) is 0.591. The van der Waals surface area contributed by atoms with Crippen LogP contribution in [0, 0.1) is 17.8 Å². The zero-order valence-electron chi connectivity index (χ0n) is 36.0. The number of nitrogens with zero attached hydrogens (tertiary/aromatic N) is 3. The highest BCUT2D eigenvalue weighted by molar-refractivity contribution is 7.91. The van der Waals surface area contributed by atoms with Crippen molar-refractivity contribution in [3.05, 3.63) is 49.1 Å². The Labute approximate surface area is 357 Å². The summed E-state index contributed by atoms with van der Waals surface area (Å²) in [6.45, 7) is 10.8. The lowest BCUT2D eigenvalue weighted by atomic mass is 9.83. The summed E-state index contributed by atoms with van der Waals surface area (Å²) >= 11 is 0. The summed E-state index contributed by atoms with van der Waals surface area (Å²) in [6, 6.07) is 3.17. The zero-order chi connectivity index (χ0) is 43.9. The minimum absolute atomic E-state index is 0.00284. The number of benzene rings is 1. The lowest BCUT2D eigenvalue weighted by Gasteiger charge is -2.34. The normalized spacial score (nSPS) is 28.3. The van der Waals surface area contributed by atoms with Crippen LogP contribution in [0.4, 0.5) is 4.79 Å². The van der Waals surface area contributed by atoms with Gasteiger partial charge in [0.1, 0.15) is 35.1 Å². The third kappa shape index (κ3) is 9.21. The van der Waals surface area contributed by atoms with Crippen molar-refractivity contribution in [2.75, 3.05) is 13.7 Å². The van der Waals surface area contributed by atoms with E-state index in [9.17, 15) is 22.8 Å². The molecule has 0 radical (unpaired) electrons. The third-order valence-corrected chi connectivity index (χ3v) is 14.9. The Morgan fingerprint density at radius 3 is 2.51 bits per heavy atom. The van der Waals surface area contributed by atoms with Gasteiger partial charge in [0.05, 0.1) is 24.6 Å². The van der Waals surface area contributed by atoms with Crippen LogP contribution in [0.3, 0.4) is 0 Å². The molecular formula is C44H58N6O10S. The third-order valence-electron chi connectivity index (χ3n) is 12.7. The predicted molar refractivity (Wildman–Crippen MR) is 226 cm³/mol. The second-order valence-electron chi connectivity index (χ2n) is 18.2. The van der Waals surface area contributed by atoms with Gasteiger partial charge in [0.2, 0.25) is 27.7 Å². The topological polar surface area (TPSA) is 208 Å². The number of pyridine rings is 1. The maximum Gasteiger partial charge on any atom is 0.408 e. The molecule has 2 aliphatic carbocycles. The van der Waals surface area contributed by atoms with E-state index in [4.69, 9.17) is 18.6 Å². The Kier molecular flexibility index (Phi) is 12.2. The number of nitrogens with one attached hydrogen (secondary N) is 3. The minimum Gasteiger partial charge on any atom is -0.497 e. The highest BCUT2D eigenvalue weighted by Crippen LogP contribution is 2.48. The number of aromatic nitrogens is 2. The van der Waals surface area contributed by atoms with E-state index in [1.54, 1.807) is 59.3 Å². The molecule has 330 valence electrons. The average Bonchev–Trinajstić information content (AvgIpc) is 3.97. The Hall–Kier alpha value is -5.19. The molecule has 4 aliphatic rings. The number of ether oxygens (including phenoxy) is 3. The molecule has 1 saturated heterocycles. The Balaban J connectivity index is 1.26. The number of carbonyl (C=O) groups is 4. The van der Waals surface area contributed by atoms with Crippen LogP contribution in [0.5, 0.6) is 11.6 Å². The summed E-state index contributed by atoms with van der Waals surface area (Å²) in [7, 11) is -2.47. The molecule has 7 atom stereocenters. The summed E-state index contributed by atoms with van der Waals surface area (Å²) in [5.41, 5.74) is -1.75. The van der Waals surface area contributed by atoms with Gasteiger partial charge >= 0.3 is 6.09 Å². The first-order valence-corrected chi connectivity index (χ1v) is 22.8. The van der Waals surface area contributed by atoms with Crippen molar-refractivity contribution >= 4 is 44.6 Å². The predicted octanol–water partition coefficient (Wildman–Crippen LogP) is 5.81. The molecule has 2 aromatic heterocycles. The highest BCUT2D eigenvalue weighted by atomic mass is 32.2. The molecule has 4 amide bonds. The van der Waals surface area contributed by atoms with Crippen molar-refractivity contribution in [3.8, 4) is 23.0 Å². The second-order valence-corrected chi connectivity index (χ2v) is 20.4. The van der Waals surface area contributed by atoms with Crippen molar-refractivity contribution in [2.24, 2.45) is 17.8 Å². The van der Waals surface area contributed by atoms with Gasteiger partial charge in [-0.2, -0.15) is 0 Å². The number of hydrogen-bond acceptors (Lipinski definition) is 12. The van der Waals surface area contributed by atoms with E-state index in [1.165, 1.54) is 11.3 Å². The number of oxazole rings is 1. The van der Waals surface area contributed by atoms with Gasteiger partial charge in [0, 0.05) is 34.9 Å². The lowest BCUT2D eigenvalue weighted by Crippen LogP contribution is -2.59. The van der Waals surface area contributed by atoms with Crippen molar-refractivity contribution in [3.63, 3.8) is 0 Å². The SMILES string of the molecule is CC[C@@H]1CC/C=C\[C@H]2C[C@@]2(C(=O)NS(=O)(=O)C2(C)CC2)NC(=O)[C@@H]2C[C@@H](Oc3ncc(-c4cnco4)c4cc(OC)ccc34)CN2C(=O)[C@@H](NC(=O)OC(C)(C)C)[C@H](CC)C1. The van der Waals surface area contributed by atoms with Crippen molar-refractivity contribution in [2.45, 2.75) is 133 Å². The van der Waals surface area contributed by atoms with Crippen molar-refractivity contribution in [1.29, 1.82) is 0 Å². The summed E-state index contributed by atoms with van der Waals surface area (Å²) in [4.78, 5) is 67.6. The Morgan fingerprint density at radius 1 is 1.08 bits per heavy atom. The maximum absolute atomic E-state index is 15.1. The van der Waals surface area contributed by atoms with E-state index in [1.807, 2.05) is 25.1 Å². The summed E-state index contributed by atoms with van der Waals surface area (Å²) < 4.78 is 51.2. The van der Waals surface area contributed by atoms with Crippen LogP contribution in [0.15, 0.2) is 53.6 Å². The van der Waals surface area contributed by atoms with E-state index in [0.29, 0.717) is 59.9 Å². The molecule has 2 saturated carbocycles. The number of fused-ring (bicyclic) bond motifs is 3. The standard InChI is InChI=1S/C44H58N6O10S/c1-8-26-12-10-11-13-28-21-44(28,40(53)49-61(55,56)43(6)16-17-43)48-37(51)34-20-30(24-50(34)39(52)36(27(9-2)18-26)47-41(54)60-42(3,4)5)59-38-31-15-14-29(57-7)19-32(31)33(22-46-38)35-23-45-25-58-35/h11,13-15,19,22-23,25-28,30,34,36H,8-10,12,16-18,20-21,24H2,1-7H3,(H,47,54)(H,48,51)(H,49,53)/b13-11-/t26-,27-,28+,30-,34+,36+,44-/m1/s1. The number of amides is 4. The van der Waals surface area contributed by atoms with E-state index in [0.717, 1.165) is 12.8 Å². The molecule has 0 spiro atoms. The van der Waals surface area contributed by atoms with Crippen LogP contribution in [0.2, 0.25) is 0 Å². The molecular weight excluding hydrogens is 805 g/mol. The number of sulfonamides is 1. The molecule has 1 aromatic carbocycles. The first kappa shape index (κ1) is 43.9. The zero-order valence-corrected chi connectivity index (χ0v) is 36.8. The van der Waals surface area contributed by atoms with Crippen LogP contribution in [-0.4, -0.2) is 94.8 Å². The van der Waals surface area contributed by atoms with Gasteiger partial charge in [0.15, 0.2) is 12.2 Å². The van der Waals surface area contributed by atoms with E-state index in [2.05, 4.69) is 32.2 Å². The largest absolute Gasteiger partial charge is 0.497 e. The number of alkyl carbamates (subject to hydrolysis) is 1. The van der Waals surface area contributed by atoms with Crippen molar-refractivity contribution in [1.82, 2.24) is 30.2 Å². The van der Waals surface area contributed by atoms with Gasteiger partial charge in [-0.1, -0.05) is 38.8 Å². The van der Waals surface area contributed by atoms with Gasteiger partial charge in [-0.3, -0.25) is 19.1 Å². The second kappa shape index (κ2) is 16.9. The van der Waals surface area contributed by atoms with Crippen LogP contribution in [0.1, 0.15) is 99.3 Å². The fourth-order valence-corrected chi connectivity index (χ4v) is 9.91. The monoisotopic (exact) mass is 862 g/mol. The van der Waals surface area contributed by atoms with Gasteiger partial charge in [-0.15, -0.1) is 0 Å². The Bertz CT molecular complexity index is 2290. The molecule has 16 nitrogen and oxygen atoms in total. The molecule has 3 fully saturated rings. The number of methoxy groups -OCH3 is 1. The average molecular weight is 863 g/mol. The quantitative estimate of drug-likeness (QED) is 0.207. The van der Waals surface area contributed by atoms with Gasteiger partial charge in [0.25, 0.3) is 5.91 Å². The van der Waals surface area contributed by atoms with Gasteiger partial charge in [-0.05, 0) is 96.3 Å². The van der Waals surface area contributed by atoms with Crippen molar-refractivity contribution < 1.29 is 46.2 Å². The number of allylic oxidation sites excluding steroid dienone is 1. The molecule has 61 heavy (non-hydrogen) atoms. The number of hydrogen-bond donors (Lipinski definition) is 3. The highest BCUT2D eigenvalue weighted by Gasteiger charge is 2.63. The van der Waals surface area contributed by atoms with Crippen LogP contribution < -0.4 is 24.8 Å². The number of rotatable bonds is 10. The number of carbonyl (C=O) groups excluding carboxylic acids is 4. The van der Waals surface area contributed by atoms with Gasteiger partial charge in [-0.25, -0.2) is 23.2 Å². The smallest absolute Gasteiger partial charge is 0.408 e. The lowest BCUT2D eigenvalue weighted by molar-refractivity contribution is -0.142. The molecule has 0 unspecified atom stereocenters. The molecule has 3 aromatic rings. The van der Waals surface area contributed by atoms with E-state index < -0.39 is 73.8 Å². The fourth-order valence-electron chi connectivity index (χ4n) is 8.60. The first-order valence-electron chi connectivity index (χ1n) is 21.3. The molecule has 2 aliphatic heterocycles. The molecule has 7 rings (SSSR count). The maximum atomic E-state index is 15.1. The summed E-state index contributed by atoms with van der Waals surface area (Å²) in [5, 5.41) is 7.14. The van der Waals surface area contributed by atoms with Crippen LogP contribution >= 0.6 is 0 Å². The van der Waals surface area contributed by atoms with Gasteiger partial charge < -0.3 is 34.2 Å².